The lowest BCUT2D eigenvalue weighted by molar-refractivity contribution is 0.262. The van der Waals surface area contributed by atoms with Crippen molar-refractivity contribution in [3.05, 3.63) is 5.82 Å². The van der Waals surface area contributed by atoms with E-state index in [1.54, 1.807) is 0 Å². The van der Waals surface area contributed by atoms with Crippen LogP contribution in [0.1, 0.15) is 45.9 Å². The van der Waals surface area contributed by atoms with Crippen molar-refractivity contribution >= 4 is 11.5 Å². The number of aryl methyl sites for hydroxylation is 1. The lowest BCUT2D eigenvalue weighted by Gasteiger charge is -2.14. The first-order chi connectivity index (χ1) is 9.10. The van der Waals surface area contributed by atoms with Gasteiger partial charge in [0.05, 0.1) is 6.61 Å². The fourth-order valence-corrected chi connectivity index (χ4v) is 1.72. The molecule has 2 rings (SSSR count). The molecule has 1 aromatic rings. The summed E-state index contributed by atoms with van der Waals surface area (Å²) in [7, 11) is 0. The molecule has 0 saturated heterocycles. The second kappa shape index (κ2) is 6.08. The number of nitrogens with two attached hydrogens (primary N) is 1. The number of ether oxygens (including phenoxy) is 1. The lowest BCUT2D eigenvalue weighted by Crippen LogP contribution is -2.13. The van der Waals surface area contributed by atoms with Crippen molar-refractivity contribution in [2.45, 2.75) is 52.5 Å². The van der Waals surface area contributed by atoms with Crippen LogP contribution in [-0.2, 0) is 6.42 Å². The van der Waals surface area contributed by atoms with Gasteiger partial charge in [-0.25, -0.2) is 4.98 Å². The summed E-state index contributed by atoms with van der Waals surface area (Å²) < 4.78 is 5.71. The Morgan fingerprint density at radius 1 is 1.37 bits per heavy atom. The molecule has 0 amide bonds. The van der Waals surface area contributed by atoms with Gasteiger partial charge in [0.1, 0.15) is 11.5 Å². The third-order valence-electron chi connectivity index (χ3n) is 2.90. The molecule has 1 aliphatic rings. The average Bonchev–Trinajstić information content (AvgIpc) is 3.15. The van der Waals surface area contributed by atoms with Gasteiger partial charge in [-0.2, -0.15) is 4.98 Å². The van der Waals surface area contributed by atoms with Gasteiger partial charge in [0.2, 0.25) is 5.88 Å². The number of hydrogen-bond donors (Lipinski definition) is 2. The Balaban J connectivity index is 2.19. The highest BCUT2D eigenvalue weighted by molar-refractivity contribution is 5.67. The minimum Gasteiger partial charge on any atom is -0.476 e. The van der Waals surface area contributed by atoms with Crippen LogP contribution in [0, 0.1) is 5.92 Å². The molecule has 0 radical (unpaired) electrons. The summed E-state index contributed by atoms with van der Waals surface area (Å²) in [6.45, 7) is 6.94. The molecular formula is C14H24N4O. The quantitative estimate of drug-likeness (QED) is 0.792. The molecule has 5 nitrogen and oxygen atoms in total. The molecule has 5 heteroatoms. The zero-order chi connectivity index (χ0) is 13.8. The van der Waals surface area contributed by atoms with Crippen LogP contribution >= 0.6 is 0 Å². The fraction of sp³-hybridized carbons (Fsp3) is 0.714. The maximum Gasteiger partial charge on any atom is 0.242 e. The Kier molecular flexibility index (Phi) is 4.45. The first kappa shape index (κ1) is 13.9. The summed E-state index contributed by atoms with van der Waals surface area (Å²) in [6.07, 6.45) is 4.23. The molecule has 106 valence electrons. The highest BCUT2D eigenvalue weighted by Crippen LogP contribution is 2.31. The van der Waals surface area contributed by atoms with Crippen molar-refractivity contribution in [1.29, 1.82) is 0 Å². The monoisotopic (exact) mass is 264 g/mol. The SMILES string of the molecule is CCCc1nc(NC2CC2)c(N)c(OCC(C)C)n1. The molecule has 1 fully saturated rings. The van der Waals surface area contributed by atoms with Crippen LogP contribution in [0.25, 0.3) is 0 Å². The van der Waals surface area contributed by atoms with Crippen molar-refractivity contribution in [2.75, 3.05) is 17.7 Å². The van der Waals surface area contributed by atoms with Crippen LogP contribution in [0.4, 0.5) is 11.5 Å². The van der Waals surface area contributed by atoms with Crippen LogP contribution in [0.2, 0.25) is 0 Å². The van der Waals surface area contributed by atoms with E-state index in [1.807, 2.05) is 0 Å². The number of anilines is 2. The molecule has 1 saturated carbocycles. The van der Waals surface area contributed by atoms with Crippen LogP contribution < -0.4 is 15.8 Å². The minimum atomic E-state index is 0.448. The number of rotatable bonds is 7. The average molecular weight is 264 g/mol. The Labute approximate surface area is 115 Å². The van der Waals surface area contributed by atoms with E-state index in [2.05, 4.69) is 36.1 Å². The van der Waals surface area contributed by atoms with Crippen molar-refractivity contribution in [3.8, 4) is 5.88 Å². The molecule has 0 atom stereocenters. The summed E-state index contributed by atoms with van der Waals surface area (Å²) in [5.74, 6) is 2.51. The van der Waals surface area contributed by atoms with Crippen molar-refractivity contribution in [1.82, 2.24) is 9.97 Å². The first-order valence-electron chi connectivity index (χ1n) is 7.15. The Morgan fingerprint density at radius 2 is 2.11 bits per heavy atom. The summed E-state index contributed by atoms with van der Waals surface area (Å²) in [4.78, 5) is 8.93. The summed E-state index contributed by atoms with van der Waals surface area (Å²) >= 11 is 0. The van der Waals surface area contributed by atoms with Crippen LogP contribution in [0.3, 0.4) is 0 Å². The largest absolute Gasteiger partial charge is 0.476 e. The number of nitrogens with one attached hydrogen (secondary N) is 1. The number of aromatic nitrogens is 2. The highest BCUT2D eigenvalue weighted by Gasteiger charge is 2.24. The van der Waals surface area contributed by atoms with Gasteiger partial charge in [0.25, 0.3) is 0 Å². The van der Waals surface area contributed by atoms with Crippen molar-refractivity contribution in [2.24, 2.45) is 5.92 Å². The predicted octanol–water partition coefficient (Wildman–Crippen LogP) is 2.62. The summed E-state index contributed by atoms with van der Waals surface area (Å²) in [5.41, 5.74) is 6.63. The molecule has 0 unspecified atom stereocenters. The standard InChI is InChI=1S/C14H24N4O/c1-4-5-11-17-13(16-10-6-7-10)12(15)14(18-11)19-8-9(2)3/h9-10H,4-8,15H2,1-3H3,(H,16,17,18). The van der Waals surface area contributed by atoms with E-state index in [1.165, 1.54) is 12.8 Å². The second-order valence-electron chi connectivity index (χ2n) is 5.58. The predicted molar refractivity (Wildman–Crippen MR) is 77.4 cm³/mol. The summed E-state index contributed by atoms with van der Waals surface area (Å²) in [5, 5.41) is 3.35. The van der Waals surface area contributed by atoms with Gasteiger partial charge in [-0.15, -0.1) is 0 Å². The highest BCUT2D eigenvalue weighted by atomic mass is 16.5. The van der Waals surface area contributed by atoms with E-state index in [0.29, 0.717) is 30.1 Å². The van der Waals surface area contributed by atoms with E-state index in [9.17, 15) is 0 Å². The maximum absolute atomic E-state index is 6.10. The van der Waals surface area contributed by atoms with Crippen molar-refractivity contribution < 1.29 is 4.74 Å². The van der Waals surface area contributed by atoms with E-state index in [0.717, 1.165) is 24.5 Å². The molecule has 1 heterocycles. The van der Waals surface area contributed by atoms with Crippen LogP contribution in [0.15, 0.2) is 0 Å². The van der Waals surface area contributed by atoms with E-state index in [4.69, 9.17) is 10.5 Å². The molecule has 3 N–H and O–H groups in total. The van der Waals surface area contributed by atoms with E-state index in [-0.39, 0.29) is 0 Å². The number of nitrogen functional groups attached to an aromatic ring is 1. The van der Waals surface area contributed by atoms with Crippen LogP contribution in [0.5, 0.6) is 5.88 Å². The zero-order valence-electron chi connectivity index (χ0n) is 12.1. The fourth-order valence-electron chi connectivity index (χ4n) is 1.72. The smallest absolute Gasteiger partial charge is 0.242 e. The molecule has 1 aromatic heterocycles. The Hall–Kier alpha value is -1.52. The maximum atomic E-state index is 6.10. The normalized spacial score (nSPS) is 14.7. The molecule has 0 aliphatic heterocycles. The molecule has 0 aromatic carbocycles. The van der Waals surface area contributed by atoms with E-state index >= 15 is 0 Å². The first-order valence-corrected chi connectivity index (χ1v) is 7.15. The molecule has 0 spiro atoms. The van der Waals surface area contributed by atoms with Gasteiger partial charge in [-0.3, -0.25) is 0 Å². The van der Waals surface area contributed by atoms with Crippen molar-refractivity contribution in [3.63, 3.8) is 0 Å². The van der Waals surface area contributed by atoms with Gasteiger partial charge in [0, 0.05) is 12.5 Å². The van der Waals surface area contributed by atoms with Gasteiger partial charge < -0.3 is 15.8 Å². The van der Waals surface area contributed by atoms with E-state index < -0.39 is 0 Å². The Morgan fingerprint density at radius 3 is 2.68 bits per heavy atom. The topological polar surface area (TPSA) is 73.1 Å². The lowest BCUT2D eigenvalue weighted by atomic mass is 10.2. The zero-order valence-corrected chi connectivity index (χ0v) is 12.1. The van der Waals surface area contributed by atoms with Gasteiger partial charge in [-0.1, -0.05) is 20.8 Å². The summed E-state index contributed by atoms with van der Waals surface area (Å²) in [6, 6.07) is 0.518. The van der Waals surface area contributed by atoms with Gasteiger partial charge >= 0.3 is 0 Å². The van der Waals surface area contributed by atoms with Gasteiger partial charge in [-0.05, 0) is 25.2 Å². The number of hydrogen-bond acceptors (Lipinski definition) is 5. The molecular weight excluding hydrogens is 240 g/mol. The molecule has 19 heavy (non-hydrogen) atoms. The minimum absolute atomic E-state index is 0.448. The number of nitrogens with zero attached hydrogens (tertiary/aromatic N) is 2. The Bertz CT molecular complexity index is 430. The third kappa shape index (κ3) is 3.98. The molecule has 1 aliphatic carbocycles. The van der Waals surface area contributed by atoms with Gasteiger partial charge in [0.15, 0.2) is 5.82 Å². The molecule has 0 bridgehead atoms. The third-order valence-corrected chi connectivity index (χ3v) is 2.90. The second-order valence-corrected chi connectivity index (χ2v) is 5.58. The van der Waals surface area contributed by atoms with Crippen LogP contribution in [-0.4, -0.2) is 22.6 Å².